The standard InChI is InChI=1S/C22H26N2O3S/c1-16-14-20(16)21(17-8-3-2-4-9-17)23-22(25)18-10-7-11-19(15-18)28(26,27)24-12-5-6-13-24/h2-4,7-11,15-16,20-21H,5-6,12-14H2,1H3,(H,23,25). The first-order valence-corrected chi connectivity index (χ1v) is 11.4. The number of rotatable bonds is 6. The second-order valence-corrected chi connectivity index (χ2v) is 9.82. The first kappa shape index (κ1) is 19.2. The minimum Gasteiger partial charge on any atom is -0.345 e. The Balaban J connectivity index is 1.56. The van der Waals surface area contributed by atoms with E-state index in [1.165, 1.54) is 10.4 Å². The van der Waals surface area contributed by atoms with Gasteiger partial charge in [0.15, 0.2) is 0 Å². The minimum absolute atomic E-state index is 0.0532. The molecule has 4 rings (SSSR count). The highest BCUT2D eigenvalue weighted by molar-refractivity contribution is 7.89. The van der Waals surface area contributed by atoms with E-state index in [1.54, 1.807) is 18.2 Å². The van der Waals surface area contributed by atoms with Gasteiger partial charge in [0.2, 0.25) is 10.0 Å². The van der Waals surface area contributed by atoms with Gasteiger partial charge < -0.3 is 5.32 Å². The average Bonchev–Trinajstić information content (AvgIpc) is 3.19. The molecule has 0 spiro atoms. The number of carbonyl (C=O) groups is 1. The van der Waals surface area contributed by atoms with Crippen LogP contribution in [-0.2, 0) is 10.0 Å². The van der Waals surface area contributed by atoms with Crippen molar-refractivity contribution in [1.82, 2.24) is 9.62 Å². The number of benzene rings is 2. The van der Waals surface area contributed by atoms with E-state index in [0.29, 0.717) is 30.5 Å². The van der Waals surface area contributed by atoms with E-state index in [-0.39, 0.29) is 16.8 Å². The molecule has 2 aromatic carbocycles. The molecule has 0 aromatic heterocycles. The second-order valence-electron chi connectivity index (χ2n) is 7.88. The van der Waals surface area contributed by atoms with Crippen LogP contribution >= 0.6 is 0 Å². The molecule has 3 atom stereocenters. The van der Waals surface area contributed by atoms with Crippen LogP contribution < -0.4 is 5.32 Å². The molecule has 0 radical (unpaired) electrons. The van der Waals surface area contributed by atoms with Crippen LogP contribution in [0.15, 0.2) is 59.5 Å². The molecule has 2 fully saturated rings. The van der Waals surface area contributed by atoms with Gasteiger partial charge in [-0.05, 0) is 54.9 Å². The molecule has 1 heterocycles. The van der Waals surface area contributed by atoms with Crippen LogP contribution in [-0.4, -0.2) is 31.7 Å². The van der Waals surface area contributed by atoms with Crippen molar-refractivity contribution in [2.24, 2.45) is 11.8 Å². The summed E-state index contributed by atoms with van der Waals surface area (Å²) in [6.07, 6.45) is 2.86. The van der Waals surface area contributed by atoms with Crippen LogP contribution in [0.4, 0.5) is 0 Å². The van der Waals surface area contributed by atoms with Crippen molar-refractivity contribution in [1.29, 1.82) is 0 Å². The molecule has 1 saturated carbocycles. The van der Waals surface area contributed by atoms with Gasteiger partial charge in [0.05, 0.1) is 10.9 Å². The first-order chi connectivity index (χ1) is 13.5. The van der Waals surface area contributed by atoms with Gasteiger partial charge in [0, 0.05) is 18.7 Å². The van der Waals surface area contributed by atoms with Gasteiger partial charge in [-0.2, -0.15) is 4.31 Å². The molecular weight excluding hydrogens is 372 g/mol. The summed E-state index contributed by atoms with van der Waals surface area (Å²) in [4.78, 5) is 13.1. The quantitative estimate of drug-likeness (QED) is 0.808. The number of nitrogens with one attached hydrogen (secondary N) is 1. The van der Waals surface area contributed by atoms with Gasteiger partial charge in [-0.1, -0.05) is 43.3 Å². The Labute approximate surface area is 166 Å². The maximum atomic E-state index is 12.9. The summed E-state index contributed by atoms with van der Waals surface area (Å²) in [5, 5.41) is 3.14. The molecule has 1 amide bonds. The minimum atomic E-state index is -3.53. The summed E-state index contributed by atoms with van der Waals surface area (Å²) >= 11 is 0. The highest BCUT2D eigenvalue weighted by Crippen LogP contribution is 2.47. The Bertz CT molecular complexity index is 953. The lowest BCUT2D eigenvalue weighted by Crippen LogP contribution is -2.31. The Hall–Kier alpha value is -2.18. The van der Waals surface area contributed by atoms with Crippen LogP contribution in [0.25, 0.3) is 0 Å². The number of hydrogen-bond acceptors (Lipinski definition) is 3. The average molecular weight is 399 g/mol. The van der Waals surface area contributed by atoms with E-state index >= 15 is 0 Å². The van der Waals surface area contributed by atoms with E-state index < -0.39 is 10.0 Å². The number of hydrogen-bond donors (Lipinski definition) is 1. The van der Waals surface area contributed by atoms with Gasteiger partial charge in [-0.3, -0.25) is 4.79 Å². The highest BCUT2D eigenvalue weighted by atomic mass is 32.2. The highest BCUT2D eigenvalue weighted by Gasteiger charge is 2.41. The predicted molar refractivity (Wildman–Crippen MR) is 108 cm³/mol. The van der Waals surface area contributed by atoms with Crippen molar-refractivity contribution >= 4 is 15.9 Å². The van der Waals surface area contributed by atoms with Gasteiger partial charge in [0.25, 0.3) is 5.91 Å². The third-order valence-electron chi connectivity index (χ3n) is 5.84. The van der Waals surface area contributed by atoms with Crippen molar-refractivity contribution in [3.63, 3.8) is 0 Å². The molecule has 6 heteroatoms. The van der Waals surface area contributed by atoms with Crippen LogP contribution in [0.3, 0.4) is 0 Å². The molecule has 5 nitrogen and oxygen atoms in total. The topological polar surface area (TPSA) is 66.5 Å². The summed E-state index contributed by atoms with van der Waals surface area (Å²) in [6.45, 7) is 3.29. The molecule has 3 unspecified atom stereocenters. The largest absolute Gasteiger partial charge is 0.345 e. The Morgan fingerprint density at radius 3 is 2.39 bits per heavy atom. The maximum absolute atomic E-state index is 12.9. The van der Waals surface area contributed by atoms with Crippen molar-refractivity contribution in [3.8, 4) is 0 Å². The van der Waals surface area contributed by atoms with Crippen molar-refractivity contribution in [2.45, 2.75) is 37.1 Å². The molecule has 1 aliphatic carbocycles. The van der Waals surface area contributed by atoms with Crippen LogP contribution in [0.2, 0.25) is 0 Å². The number of carbonyl (C=O) groups excluding carboxylic acids is 1. The van der Waals surface area contributed by atoms with Gasteiger partial charge in [-0.25, -0.2) is 8.42 Å². The smallest absolute Gasteiger partial charge is 0.251 e. The zero-order valence-electron chi connectivity index (χ0n) is 16.0. The van der Waals surface area contributed by atoms with E-state index in [0.717, 1.165) is 24.8 Å². The molecular formula is C22H26N2O3S. The van der Waals surface area contributed by atoms with Crippen molar-refractivity contribution in [2.75, 3.05) is 13.1 Å². The predicted octanol–water partition coefficient (Wildman–Crippen LogP) is 3.60. The van der Waals surface area contributed by atoms with Gasteiger partial charge in [0.1, 0.15) is 0 Å². The van der Waals surface area contributed by atoms with Gasteiger partial charge in [-0.15, -0.1) is 0 Å². The zero-order valence-corrected chi connectivity index (χ0v) is 16.9. The lowest BCUT2D eigenvalue weighted by Gasteiger charge is -2.20. The SMILES string of the molecule is CC1CC1C(NC(=O)c1cccc(S(=O)(=O)N2CCCC2)c1)c1ccccc1. The number of nitrogens with zero attached hydrogens (tertiary/aromatic N) is 1. The summed E-state index contributed by atoms with van der Waals surface area (Å²) < 4.78 is 27.1. The zero-order chi connectivity index (χ0) is 19.7. The third-order valence-corrected chi connectivity index (χ3v) is 7.74. The fourth-order valence-corrected chi connectivity index (χ4v) is 5.58. The van der Waals surface area contributed by atoms with Crippen LogP contribution in [0, 0.1) is 11.8 Å². The molecule has 28 heavy (non-hydrogen) atoms. The molecule has 0 bridgehead atoms. The molecule has 1 saturated heterocycles. The van der Waals surface area contributed by atoms with Crippen molar-refractivity contribution < 1.29 is 13.2 Å². The molecule has 148 valence electrons. The normalized spacial score (nSPS) is 23.3. The monoisotopic (exact) mass is 398 g/mol. The Kier molecular flexibility index (Phi) is 5.25. The third kappa shape index (κ3) is 3.84. The fourth-order valence-electron chi connectivity index (χ4n) is 4.01. The second kappa shape index (κ2) is 7.68. The number of sulfonamides is 1. The van der Waals surface area contributed by atoms with E-state index in [1.807, 2.05) is 30.3 Å². The lowest BCUT2D eigenvalue weighted by molar-refractivity contribution is 0.0930. The van der Waals surface area contributed by atoms with Crippen LogP contribution in [0.1, 0.15) is 48.1 Å². The lowest BCUT2D eigenvalue weighted by atomic mass is 10.0. The van der Waals surface area contributed by atoms with E-state index in [9.17, 15) is 13.2 Å². The van der Waals surface area contributed by atoms with Crippen molar-refractivity contribution in [3.05, 3.63) is 65.7 Å². The maximum Gasteiger partial charge on any atom is 0.251 e. The first-order valence-electron chi connectivity index (χ1n) is 9.93. The Morgan fingerprint density at radius 1 is 1.07 bits per heavy atom. The molecule has 2 aromatic rings. The fraction of sp³-hybridized carbons (Fsp3) is 0.409. The van der Waals surface area contributed by atoms with E-state index in [4.69, 9.17) is 0 Å². The number of amides is 1. The molecule has 2 aliphatic rings. The van der Waals surface area contributed by atoms with E-state index in [2.05, 4.69) is 12.2 Å². The molecule has 1 aliphatic heterocycles. The Morgan fingerprint density at radius 2 is 1.75 bits per heavy atom. The summed E-state index contributed by atoms with van der Waals surface area (Å²) in [5.74, 6) is 0.765. The van der Waals surface area contributed by atoms with Crippen LogP contribution in [0.5, 0.6) is 0 Å². The summed E-state index contributed by atoms with van der Waals surface area (Å²) in [6, 6.07) is 16.3. The summed E-state index contributed by atoms with van der Waals surface area (Å²) in [7, 11) is -3.53. The summed E-state index contributed by atoms with van der Waals surface area (Å²) in [5.41, 5.74) is 1.47. The molecule has 1 N–H and O–H groups in total. The van der Waals surface area contributed by atoms with Gasteiger partial charge >= 0.3 is 0 Å².